The van der Waals surface area contributed by atoms with E-state index >= 15 is 0 Å². The normalized spacial score (nSPS) is 19.1. The van der Waals surface area contributed by atoms with Crippen LogP contribution in [0.2, 0.25) is 0 Å². The lowest BCUT2D eigenvalue weighted by molar-refractivity contribution is -0.121. The molecule has 7 heteroatoms. The van der Waals surface area contributed by atoms with Gasteiger partial charge in [-0.25, -0.2) is 4.98 Å². The van der Waals surface area contributed by atoms with Gasteiger partial charge in [0.05, 0.1) is 10.9 Å². The number of aryl methyl sites for hydroxylation is 1. The summed E-state index contributed by atoms with van der Waals surface area (Å²) in [6.45, 7) is 1.87. The van der Waals surface area contributed by atoms with Crippen LogP contribution in [0.5, 0.6) is 0 Å². The molecule has 2 aliphatic rings. The van der Waals surface area contributed by atoms with Crippen molar-refractivity contribution in [1.82, 2.24) is 15.3 Å². The Hall–Kier alpha value is -2.28. The lowest BCUT2D eigenvalue weighted by Gasteiger charge is -2.27. The molecule has 136 valence electrons. The number of nitrogens with one attached hydrogen (secondary N) is 1. The first-order valence-corrected chi connectivity index (χ1v) is 9.93. The Morgan fingerprint density at radius 2 is 2.19 bits per heavy atom. The molecule has 0 saturated heterocycles. The summed E-state index contributed by atoms with van der Waals surface area (Å²) < 4.78 is 0. The molecule has 26 heavy (non-hydrogen) atoms. The molecule has 2 amide bonds. The standard InChI is InChI=1S/C19H22N4O2S/c1-3-16(24)21-14-6-4-5-11-12(14)9-20-10-13(11)19-22-18-15(26-19)7-8-17(25)23(18)2/h9-10,14H,3-8H2,1-2H3,(H,21,24)/t14-/m1/s1. The van der Waals surface area contributed by atoms with E-state index in [0.717, 1.165) is 52.5 Å². The van der Waals surface area contributed by atoms with Crippen LogP contribution in [0.3, 0.4) is 0 Å². The van der Waals surface area contributed by atoms with E-state index < -0.39 is 0 Å². The lowest BCUT2D eigenvalue weighted by atomic mass is 9.86. The number of thiazole rings is 1. The molecule has 0 unspecified atom stereocenters. The molecule has 1 aliphatic heterocycles. The van der Waals surface area contributed by atoms with Gasteiger partial charge in [-0.1, -0.05) is 6.92 Å². The molecule has 1 N–H and O–H groups in total. The molecule has 0 saturated carbocycles. The van der Waals surface area contributed by atoms with Gasteiger partial charge in [-0.2, -0.15) is 0 Å². The van der Waals surface area contributed by atoms with Gasteiger partial charge >= 0.3 is 0 Å². The monoisotopic (exact) mass is 370 g/mol. The molecule has 0 aromatic carbocycles. The van der Waals surface area contributed by atoms with E-state index in [-0.39, 0.29) is 17.9 Å². The van der Waals surface area contributed by atoms with Crippen LogP contribution in [0.15, 0.2) is 12.4 Å². The number of aromatic nitrogens is 2. The fourth-order valence-electron chi connectivity index (χ4n) is 3.74. The minimum absolute atomic E-state index is 0.0255. The van der Waals surface area contributed by atoms with Crippen molar-refractivity contribution in [3.8, 4) is 10.6 Å². The van der Waals surface area contributed by atoms with Crippen molar-refractivity contribution >= 4 is 29.0 Å². The minimum Gasteiger partial charge on any atom is -0.349 e. The number of carbonyl (C=O) groups excluding carboxylic acids is 2. The molecule has 4 rings (SSSR count). The second-order valence-corrected chi connectivity index (χ2v) is 7.92. The van der Waals surface area contributed by atoms with Crippen molar-refractivity contribution in [3.63, 3.8) is 0 Å². The highest BCUT2D eigenvalue weighted by Crippen LogP contribution is 2.40. The first-order valence-electron chi connectivity index (χ1n) is 9.11. The predicted octanol–water partition coefficient (Wildman–Crippen LogP) is 3.02. The third-order valence-corrected chi connectivity index (χ3v) is 6.34. The van der Waals surface area contributed by atoms with Gasteiger partial charge in [-0.3, -0.25) is 19.5 Å². The summed E-state index contributed by atoms with van der Waals surface area (Å²) in [5.41, 5.74) is 3.37. The average molecular weight is 370 g/mol. The van der Waals surface area contributed by atoms with E-state index in [1.165, 1.54) is 5.56 Å². The van der Waals surface area contributed by atoms with Crippen LogP contribution in [-0.2, 0) is 22.4 Å². The van der Waals surface area contributed by atoms with E-state index in [0.29, 0.717) is 12.8 Å². The maximum Gasteiger partial charge on any atom is 0.228 e. The third kappa shape index (κ3) is 2.90. The summed E-state index contributed by atoms with van der Waals surface area (Å²) in [5.74, 6) is 0.966. The lowest BCUT2D eigenvalue weighted by Crippen LogP contribution is -2.31. The zero-order valence-corrected chi connectivity index (χ0v) is 15.9. The zero-order valence-electron chi connectivity index (χ0n) is 15.0. The minimum atomic E-state index is 0.0255. The molecule has 0 bridgehead atoms. The molecule has 0 spiro atoms. The van der Waals surface area contributed by atoms with Crippen LogP contribution < -0.4 is 10.2 Å². The fraction of sp³-hybridized carbons (Fsp3) is 0.474. The number of hydrogen-bond donors (Lipinski definition) is 1. The topological polar surface area (TPSA) is 75.2 Å². The average Bonchev–Trinajstić information content (AvgIpc) is 3.09. The van der Waals surface area contributed by atoms with Crippen molar-refractivity contribution in [2.75, 3.05) is 11.9 Å². The Kier molecular flexibility index (Phi) is 4.48. The van der Waals surface area contributed by atoms with Crippen molar-refractivity contribution in [2.24, 2.45) is 0 Å². The van der Waals surface area contributed by atoms with Crippen molar-refractivity contribution in [1.29, 1.82) is 0 Å². The summed E-state index contributed by atoms with van der Waals surface area (Å²) >= 11 is 1.65. The molecule has 1 aliphatic carbocycles. The Bertz CT molecular complexity index is 876. The van der Waals surface area contributed by atoms with E-state index in [4.69, 9.17) is 4.98 Å². The molecular formula is C19H22N4O2S. The number of carbonyl (C=O) groups is 2. The number of amides is 2. The van der Waals surface area contributed by atoms with Gasteiger partial charge in [0.15, 0.2) is 0 Å². The van der Waals surface area contributed by atoms with Gasteiger partial charge in [0.1, 0.15) is 10.8 Å². The van der Waals surface area contributed by atoms with Crippen LogP contribution in [-0.4, -0.2) is 28.8 Å². The Labute approximate surface area is 156 Å². The number of nitrogens with zero attached hydrogens (tertiary/aromatic N) is 3. The maximum atomic E-state index is 11.9. The van der Waals surface area contributed by atoms with Crippen LogP contribution in [0, 0.1) is 0 Å². The van der Waals surface area contributed by atoms with Gasteiger partial charge < -0.3 is 5.32 Å². The molecule has 0 fully saturated rings. The van der Waals surface area contributed by atoms with Gasteiger partial charge in [0.25, 0.3) is 0 Å². The van der Waals surface area contributed by atoms with Crippen molar-refractivity contribution in [3.05, 3.63) is 28.4 Å². The fourth-order valence-corrected chi connectivity index (χ4v) is 4.87. The van der Waals surface area contributed by atoms with Gasteiger partial charge in [-0.15, -0.1) is 11.3 Å². The zero-order chi connectivity index (χ0) is 18.3. The maximum absolute atomic E-state index is 11.9. The SMILES string of the molecule is CCC(=O)N[C@@H]1CCCc2c(-c3nc4c(s3)CCC(=O)N4C)cncc21. The van der Waals surface area contributed by atoms with Crippen LogP contribution in [0.1, 0.15) is 54.7 Å². The summed E-state index contributed by atoms with van der Waals surface area (Å²) in [4.78, 5) is 35.8. The predicted molar refractivity (Wildman–Crippen MR) is 101 cm³/mol. The van der Waals surface area contributed by atoms with Crippen molar-refractivity contribution < 1.29 is 9.59 Å². The largest absolute Gasteiger partial charge is 0.349 e. The van der Waals surface area contributed by atoms with Crippen LogP contribution >= 0.6 is 11.3 Å². The second kappa shape index (κ2) is 6.79. The highest BCUT2D eigenvalue weighted by atomic mass is 32.1. The Balaban J connectivity index is 1.73. The third-order valence-electron chi connectivity index (χ3n) is 5.21. The number of hydrogen-bond acceptors (Lipinski definition) is 5. The molecule has 2 aromatic rings. The van der Waals surface area contributed by atoms with E-state index in [9.17, 15) is 9.59 Å². The molecule has 0 radical (unpaired) electrons. The van der Waals surface area contributed by atoms with E-state index in [1.807, 2.05) is 19.3 Å². The summed E-state index contributed by atoms with van der Waals surface area (Å²) in [6, 6.07) is 0.0255. The van der Waals surface area contributed by atoms with E-state index in [1.54, 1.807) is 23.3 Å². The summed E-state index contributed by atoms with van der Waals surface area (Å²) in [7, 11) is 1.79. The second-order valence-electron chi connectivity index (χ2n) is 6.84. The summed E-state index contributed by atoms with van der Waals surface area (Å²) in [6.07, 6.45) is 8.47. The number of pyridine rings is 1. The van der Waals surface area contributed by atoms with Gasteiger partial charge in [0, 0.05) is 37.8 Å². The first-order chi connectivity index (χ1) is 12.6. The van der Waals surface area contributed by atoms with Crippen LogP contribution in [0.25, 0.3) is 10.6 Å². The van der Waals surface area contributed by atoms with Crippen LogP contribution in [0.4, 0.5) is 5.82 Å². The highest BCUT2D eigenvalue weighted by molar-refractivity contribution is 7.15. The quantitative estimate of drug-likeness (QED) is 0.901. The summed E-state index contributed by atoms with van der Waals surface area (Å²) in [5, 5.41) is 4.04. The number of fused-ring (bicyclic) bond motifs is 2. The van der Waals surface area contributed by atoms with Crippen molar-refractivity contribution in [2.45, 2.75) is 51.5 Å². The molecular weight excluding hydrogens is 348 g/mol. The number of anilines is 1. The van der Waals surface area contributed by atoms with Gasteiger partial charge in [-0.05, 0) is 36.8 Å². The van der Waals surface area contributed by atoms with E-state index in [2.05, 4.69) is 10.3 Å². The number of rotatable bonds is 3. The smallest absolute Gasteiger partial charge is 0.228 e. The molecule has 1 atom stereocenters. The van der Waals surface area contributed by atoms with Gasteiger partial charge in [0.2, 0.25) is 11.8 Å². The molecule has 6 nitrogen and oxygen atoms in total. The Morgan fingerprint density at radius 1 is 1.35 bits per heavy atom. The Morgan fingerprint density at radius 3 is 3.00 bits per heavy atom. The molecule has 3 heterocycles. The highest BCUT2D eigenvalue weighted by Gasteiger charge is 2.28. The molecule has 2 aromatic heterocycles. The first kappa shape index (κ1) is 17.1.